The van der Waals surface area contributed by atoms with Gasteiger partial charge in [0.25, 0.3) is 0 Å². The molecule has 4 heteroatoms. The fraction of sp³-hybridized carbons (Fsp3) is 0.550. The minimum atomic E-state index is -0.355. The van der Waals surface area contributed by atoms with Crippen molar-refractivity contribution < 1.29 is 9.53 Å². The first-order chi connectivity index (χ1) is 11.6. The summed E-state index contributed by atoms with van der Waals surface area (Å²) in [6, 6.07) is 10.8. The molecule has 4 rings (SSSR count). The van der Waals surface area contributed by atoms with Crippen LogP contribution in [0.5, 0.6) is 0 Å². The van der Waals surface area contributed by atoms with Crippen LogP contribution >= 0.6 is 0 Å². The SMILES string of the molecule is CC(C)[C@@H]1CO[C@@]23CCN(CC=Cc4ccccc4)[C@@H]2CC(=O)N13. The Hall–Kier alpha value is -1.65. The van der Waals surface area contributed by atoms with Gasteiger partial charge in [-0.1, -0.05) is 56.3 Å². The maximum Gasteiger partial charge on any atom is 0.226 e. The van der Waals surface area contributed by atoms with Gasteiger partial charge in [-0.2, -0.15) is 0 Å². The maximum atomic E-state index is 12.6. The van der Waals surface area contributed by atoms with Crippen LogP contribution in [0.2, 0.25) is 0 Å². The smallest absolute Gasteiger partial charge is 0.226 e. The molecule has 3 atom stereocenters. The fourth-order valence-corrected chi connectivity index (χ4v) is 4.56. The third kappa shape index (κ3) is 2.40. The summed E-state index contributed by atoms with van der Waals surface area (Å²) in [5, 5.41) is 0. The number of carbonyl (C=O) groups is 1. The van der Waals surface area contributed by atoms with E-state index in [4.69, 9.17) is 4.74 Å². The summed E-state index contributed by atoms with van der Waals surface area (Å²) in [5.41, 5.74) is 0.861. The molecule has 24 heavy (non-hydrogen) atoms. The van der Waals surface area contributed by atoms with E-state index in [1.54, 1.807) is 0 Å². The molecule has 3 heterocycles. The monoisotopic (exact) mass is 326 g/mol. The number of amides is 1. The summed E-state index contributed by atoms with van der Waals surface area (Å²) in [4.78, 5) is 17.1. The number of likely N-dealkylation sites (tertiary alicyclic amines) is 1. The molecule has 0 radical (unpaired) electrons. The van der Waals surface area contributed by atoms with Crippen molar-refractivity contribution >= 4 is 12.0 Å². The molecule has 0 aromatic heterocycles. The van der Waals surface area contributed by atoms with E-state index < -0.39 is 0 Å². The molecule has 0 bridgehead atoms. The van der Waals surface area contributed by atoms with Crippen molar-refractivity contribution in [3.63, 3.8) is 0 Å². The Labute approximate surface area is 144 Å². The zero-order valence-corrected chi connectivity index (χ0v) is 14.5. The molecule has 1 aromatic carbocycles. The first-order valence-electron chi connectivity index (χ1n) is 9.03. The Morgan fingerprint density at radius 1 is 1.33 bits per heavy atom. The molecule has 0 saturated carbocycles. The van der Waals surface area contributed by atoms with Crippen molar-refractivity contribution in [1.29, 1.82) is 0 Å². The summed E-state index contributed by atoms with van der Waals surface area (Å²) >= 11 is 0. The minimum Gasteiger partial charge on any atom is -0.352 e. The predicted molar refractivity (Wildman–Crippen MR) is 94.2 cm³/mol. The number of benzene rings is 1. The number of rotatable bonds is 4. The molecular formula is C20H26N2O2. The van der Waals surface area contributed by atoms with Crippen LogP contribution in [0.1, 0.15) is 32.3 Å². The molecule has 0 aliphatic carbocycles. The molecule has 3 fully saturated rings. The van der Waals surface area contributed by atoms with E-state index in [0.717, 1.165) is 19.5 Å². The molecular weight excluding hydrogens is 300 g/mol. The van der Waals surface area contributed by atoms with E-state index in [9.17, 15) is 4.79 Å². The molecule has 128 valence electrons. The van der Waals surface area contributed by atoms with Crippen LogP contribution in [0, 0.1) is 5.92 Å². The number of hydrogen-bond donors (Lipinski definition) is 0. The highest BCUT2D eigenvalue weighted by Crippen LogP contribution is 2.48. The van der Waals surface area contributed by atoms with Gasteiger partial charge in [0.1, 0.15) is 0 Å². The quantitative estimate of drug-likeness (QED) is 0.853. The van der Waals surface area contributed by atoms with Gasteiger partial charge in [-0.05, 0) is 11.5 Å². The largest absolute Gasteiger partial charge is 0.352 e. The van der Waals surface area contributed by atoms with Crippen LogP contribution in [0.3, 0.4) is 0 Å². The van der Waals surface area contributed by atoms with Crippen LogP contribution in [-0.2, 0) is 9.53 Å². The third-order valence-electron chi connectivity index (χ3n) is 5.82. The Morgan fingerprint density at radius 2 is 2.12 bits per heavy atom. The van der Waals surface area contributed by atoms with Crippen LogP contribution in [0.25, 0.3) is 6.08 Å². The lowest BCUT2D eigenvalue weighted by atomic mass is 10.0. The Balaban J connectivity index is 1.48. The van der Waals surface area contributed by atoms with E-state index in [0.29, 0.717) is 18.9 Å². The molecule has 4 nitrogen and oxygen atoms in total. The van der Waals surface area contributed by atoms with Crippen molar-refractivity contribution in [2.45, 2.75) is 44.5 Å². The summed E-state index contributed by atoms with van der Waals surface area (Å²) in [6.45, 7) is 6.93. The number of nitrogens with zero attached hydrogens (tertiary/aromatic N) is 2. The summed E-state index contributed by atoms with van der Waals surface area (Å²) < 4.78 is 6.27. The number of carbonyl (C=O) groups excluding carboxylic acids is 1. The Bertz CT molecular complexity index is 642. The van der Waals surface area contributed by atoms with Crippen molar-refractivity contribution in [2.24, 2.45) is 5.92 Å². The predicted octanol–water partition coefficient (Wildman–Crippen LogP) is 2.76. The molecule has 3 aliphatic heterocycles. The van der Waals surface area contributed by atoms with Gasteiger partial charge in [0.2, 0.25) is 5.91 Å². The third-order valence-corrected chi connectivity index (χ3v) is 5.82. The Kier molecular flexibility index (Phi) is 3.97. The van der Waals surface area contributed by atoms with Gasteiger partial charge in [0.05, 0.1) is 18.7 Å². The summed E-state index contributed by atoms with van der Waals surface area (Å²) in [7, 11) is 0. The lowest BCUT2D eigenvalue weighted by molar-refractivity contribution is -0.139. The van der Waals surface area contributed by atoms with E-state index >= 15 is 0 Å². The molecule has 3 saturated heterocycles. The van der Waals surface area contributed by atoms with Gasteiger partial charge >= 0.3 is 0 Å². The van der Waals surface area contributed by atoms with Crippen LogP contribution in [0.15, 0.2) is 36.4 Å². The average Bonchev–Trinajstić information content (AvgIpc) is 3.19. The number of ether oxygens (including phenoxy) is 1. The first-order valence-corrected chi connectivity index (χ1v) is 9.03. The van der Waals surface area contributed by atoms with E-state index in [2.05, 4.69) is 60.1 Å². The van der Waals surface area contributed by atoms with Gasteiger partial charge in [-0.3, -0.25) is 9.69 Å². The Morgan fingerprint density at radius 3 is 2.88 bits per heavy atom. The van der Waals surface area contributed by atoms with Crippen LogP contribution in [0.4, 0.5) is 0 Å². The maximum absolute atomic E-state index is 12.6. The normalized spacial score (nSPS) is 33.0. The highest BCUT2D eigenvalue weighted by molar-refractivity contribution is 5.82. The van der Waals surface area contributed by atoms with Crippen LogP contribution < -0.4 is 0 Å². The van der Waals surface area contributed by atoms with E-state index in [1.165, 1.54) is 5.56 Å². The van der Waals surface area contributed by atoms with Gasteiger partial charge < -0.3 is 9.64 Å². The highest BCUT2D eigenvalue weighted by Gasteiger charge is 2.64. The van der Waals surface area contributed by atoms with Gasteiger partial charge in [-0.25, -0.2) is 0 Å². The topological polar surface area (TPSA) is 32.8 Å². The molecule has 0 unspecified atom stereocenters. The van der Waals surface area contributed by atoms with Crippen molar-refractivity contribution in [3.05, 3.63) is 42.0 Å². The lowest BCUT2D eigenvalue weighted by Gasteiger charge is -2.34. The minimum absolute atomic E-state index is 0.203. The van der Waals surface area contributed by atoms with Crippen molar-refractivity contribution in [3.8, 4) is 0 Å². The van der Waals surface area contributed by atoms with E-state index in [-0.39, 0.29) is 23.7 Å². The molecule has 1 aromatic rings. The fourth-order valence-electron chi connectivity index (χ4n) is 4.56. The zero-order chi connectivity index (χ0) is 16.7. The first kappa shape index (κ1) is 15.9. The second-order valence-electron chi connectivity index (χ2n) is 7.51. The van der Waals surface area contributed by atoms with Crippen LogP contribution in [-0.4, -0.2) is 53.2 Å². The second kappa shape index (κ2) is 6.01. The van der Waals surface area contributed by atoms with Crippen molar-refractivity contribution in [1.82, 2.24) is 9.80 Å². The van der Waals surface area contributed by atoms with Crippen molar-refractivity contribution in [2.75, 3.05) is 19.7 Å². The lowest BCUT2D eigenvalue weighted by Crippen LogP contribution is -2.50. The summed E-state index contributed by atoms with van der Waals surface area (Å²) in [6.07, 6.45) is 5.90. The standard InChI is InChI=1S/C20H26N2O2/c1-15(2)17-14-24-20-10-12-21(18(20)13-19(23)22(17)20)11-6-9-16-7-4-3-5-8-16/h3-9,15,17-18H,10-14H2,1-2H3/t17-,18+,20-/m0/s1. The molecule has 0 N–H and O–H groups in total. The number of hydrogen-bond acceptors (Lipinski definition) is 3. The molecule has 1 amide bonds. The van der Waals surface area contributed by atoms with Gasteiger partial charge in [0.15, 0.2) is 5.72 Å². The van der Waals surface area contributed by atoms with Gasteiger partial charge in [0, 0.05) is 25.9 Å². The second-order valence-corrected chi connectivity index (χ2v) is 7.51. The highest BCUT2D eigenvalue weighted by atomic mass is 16.5. The van der Waals surface area contributed by atoms with Gasteiger partial charge in [-0.15, -0.1) is 0 Å². The average molecular weight is 326 g/mol. The molecule has 3 aliphatic rings. The van der Waals surface area contributed by atoms with E-state index in [1.807, 2.05) is 6.07 Å². The molecule has 1 spiro atoms. The zero-order valence-electron chi connectivity index (χ0n) is 14.5. The summed E-state index contributed by atoms with van der Waals surface area (Å²) in [5.74, 6) is 0.715.